The van der Waals surface area contributed by atoms with E-state index in [2.05, 4.69) is 30.5 Å². The van der Waals surface area contributed by atoms with Crippen LogP contribution in [-0.4, -0.2) is 25.1 Å². The number of aromatic nitrogens is 5. The van der Waals surface area contributed by atoms with Crippen LogP contribution in [0.2, 0.25) is 5.02 Å². The van der Waals surface area contributed by atoms with E-state index >= 15 is 0 Å². The molecule has 0 aliphatic heterocycles. The molecule has 0 aliphatic rings. The Hall–Kier alpha value is -3.58. The van der Waals surface area contributed by atoms with Gasteiger partial charge in [-0.05, 0) is 36.4 Å². The lowest BCUT2D eigenvalue weighted by molar-refractivity contribution is 0.488. The van der Waals surface area contributed by atoms with Crippen molar-refractivity contribution in [2.45, 2.75) is 0 Å². The molecule has 0 radical (unpaired) electrons. The number of nitrogens with zero attached hydrogens (tertiary/aromatic N) is 3. The van der Waals surface area contributed by atoms with Crippen LogP contribution in [0.15, 0.2) is 61.2 Å². The highest BCUT2D eigenvalue weighted by molar-refractivity contribution is 6.32. The molecule has 0 bridgehead atoms. The van der Waals surface area contributed by atoms with Gasteiger partial charge in [-0.1, -0.05) is 17.7 Å². The van der Waals surface area contributed by atoms with Crippen LogP contribution in [0.4, 0.5) is 11.5 Å². The van der Waals surface area contributed by atoms with E-state index in [1.165, 1.54) is 6.33 Å². The Kier molecular flexibility index (Phi) is 3.65. The maximum atomic E-state index is 6.44. The molecule has 27 heavy (non-hydrogen) atoms. The van der Waals surface area contributed by atoms with Crippen molar-refractivity contribution >= 4 is 45.0 Å². The predicted molar refractivity (Wildman–Crippen MR) is 105 cm³/mol. The molecule has 3 aromatic heterocycles. The lowest BCUT2D eigenvalue weighted by atomic mass is 10.2. The first-order chi connectivity index (χ1) is 13.3. The molecule has 132 valence electrons. The topological polar surface area (TPSA) is 91.5 Å². The van der Waals surface area contributed by atoms with Gasteiger partial charge < -0.3 is 15.0 Å². The molecule has 3 N–H and O–H groups in total. The van der Waals surface area contributed by atoms with Gasteiger partial charge in [-0.25, -0.2) is 9.97 Å². The first kappa shape index (κ1) is 15.7. The standard InChI is InChI=1S/C19H13ClN6O/c20-13-8-11(25-19-18-15(6-7-21-18)22-10-23-19)4-5-17(13)27-16-3-1-2-14-12(16)9-24-26-14/h1-10,21H,(H,24,26)(H,22,23,25). The zero-order valence-electron chi connectivity index (χ0n) is 13.9. The van der Waals surface area contributed by atoms with Gasteiger partial charge in [0, 0.05) is 11.9 Å². The summed E-state index contributed by atoms with van der Waals surface area (Å²) in [6, 6.07) is 13.1. The number of fused-ring (bicyclic) bond motifs is 2. The van der Waals surface area contributed by atoms with Crippen molar-refractivity contribution in [2.75, 3.05) is 5.32 Å². The van der Waals surface area contributed by atoms with Crippen LogP contribution in [0, 0.1) is 0 Å². The van der Waals surface area contributed by atoms with E-state index in [1.807, 2.05) is 42.6 Å². The van der Waals surface area contributed by atoms with Gasteiger partial charge in [-0.3, -0.25) is 5.10 Å². The fourth-order valence-electron chi connectivity index (χ4n) is 2.91. The van der Waals surface area contributed by atoms with Crippen LogP contribution >= 0.6 is 11.6 Å². The normalized spacial score (nSPS) is 11.1. The van der Waals surface area contributed by atoms with Crippen LogP contribution < -0.4 is 10.1 Å². The van der Waals surface area contributed by atoms with Crippen LogP contribution in [0.1, 0.15) is 0 Å². The molecule has 0 aliphatic carbocycles. The number of benzene rings is 2. The van der Waals surface area contributed by atoms with Crippen LogP contribution in [0.5, 0.6) is 11.5 Å². The number of ether oxygens (including phenoxy) is 1. The largest absolute Gasteiger partial charge is 0.455 e. The first-order valence-corrected chi connectivity index (χ1v) is 8.60. The third-order valence-corrected chi connectivity index (χ3v) is 4.50. The van der Waals surface area contributed by atoms with Gasteiger partial charge in [-0.2, -0.15) is 5.10 Å². The number of hydrogen-bond acceptors (Lipinski definition) is 5. The van der Waals surface area contributed by atoms with Crippen molar-refractivity contribution < 1.29 is 4.74 Å². The molecule has 0 spiro atoms. The monoisotopic (exact) mass is 376 g/mol. The highest BCUT2D eigenvalue weighted by Gasteiger charge is 2.10. The lowest BCUT2D eigenvalue weighted by Gasteiger charge is -2.11. The van der Waals surface area contributed by atoms with Crippen molar-refractivity contribution in [1.29, 1.82) is 0 Å². The van der Waals surface area contributed by atoms with Crippen LogP contribution in [0.3, 0.4) is 0 Å². The Morgan fingerprint density at radius 3 is 2.93 bits per heavy atom. The summed E-state index contributed by atoms with van der Waals surface area (Å²) in [6.07, 6.45) is 5.07. The first-order valence-electron chi connectivity index (χ1n) is 8.22. The van der Waals surface area contributed by atoms with Crippen molar-refractivity contribution in [2.24, 2.45) is 0 Å². The summed E-state index contributed by atoms with van der Waals surface area (Å²) in [5, 5.41) is 11.6. The molecular weight excluding hydrogens is 364 g/mol. The number of anilines is 2. The summed E-state index contributed by atoms with van der Waals surface area (Å²) in [5.74, 6) is 1.93. The summed E-state index contributed by atoms with van der Waals surface area (Å²) < 4.78 is 5.99. The van der Waals surface area contributed by atoms with Gasteiger partial charge in [0.2, 0.25) is 0 Å². The molecule has 5 rings (SSSR count). The van der Waals surface area contributed by atoms with Gasteiger partial charge in [0.05, 0.1) is 27.6 Å². The second kappa shape index (κ2) is 6.30. The Morgan fingerprint density at radius 1 is 1.04 bits per heavy atom. The minimum absolute atomic E-state index is 0.484. The number of nitrogens with one attached hydrogen (secondary N) is 3. The molecular formula is C19H13ClN6O. The zero-order valence-corrected chi connectivity index (χ0v) is 14.7. The third-order valence-electron chi connectivity index (χ3n) is 4.20. The molecule has 0 amide bonds. The molecule has 0 saturated carbocycles. The van der Waals surface area contributed by atoms with E-state index in [-0.39, 0.29) is 0 Å². The SMILES string of the molecule is Clc1cc(Nc2ncnc3cc[nH]c23)ccc1Oc1cccc2[nH]ncc12. The number of hydrogen-bond donors (Lipinski definition) is 3. The molecule has 2 aromatic carbocycles. The van der Waals surface area contributed by atoms with Crippen molar-refractivity contribution in [3.63, 3.8) is 0 Å². The molecule has 0 fully saturated rings. The van der Waals surface area contributed by atoms with E-state index in [0.717, 1.165) is 27.6 Å². The summed E-state index contributed by atoms with van der Waals surface area (Å²) >= 11 is 6.44. The lowest BCUT2D eigenvalue weighted by Crippen LogP contribution is -1.96. The molecule has 3 heterocycles. The second-order valence-electron chi connectivity index (χ2n) is 5.92. The third kappa shape index (κ3) is 2.84. The molecule has 7 nitrogen and oxygen atoms in total. The van der Waals surface area contributed by atoms with Crippen molar-refractivity contribution in [3.05, 3.63) is 66.2 Å². The minimum atomic E-state index is 0.484. The molecule has 5 aromatic rings. The summed E-state index contributed by atoms with van der Waals surface area (Å²) in [6.45, 7) is 0. The Balaban J connectivity index is 1.44. The molecule has 0 atom stereocenters. The fourth-order valence-corrected chi connectivity index (χ4v) is 3.13. The van der Waals surface area contributed by atoms with Crippen LogP contribution in [0.25, 0.3) is 21.9 Å². The van der Waals surface area contributed by atoms with Gasteiger partial charge in [0.1, 0.15) is 23.3 Å². The number of H-pyrrole nitrogens is 2. The summed E-state index contributed by atoms with van der Waals surface area (Å²) in [4.78, 5) is 11.6. The van der Waals surface area contributed by atoms with E-state index < -0.39 is 0 Å². The number of rotatable bonds is 4. The maximum absolute atomic E-state index is 6.44. The van der Waals surface area contributed by atoms with Gasteiger partial charge >= 0.3 is 0 Å². The average molecular weight is 377 g/mol. The van der Waals surface area contributed by atoms with E-state index in [0.29, 0.717) is 22.3 Å². The number of aromatic amines is 2. The Labute approximate surface area is 158 Å². The second-order valence-corrected chi connectivity index (χ2v) is 6.33. The molecule has 8 heteroatoms. The zero-order chi connectivity index (χ0) is 18.2. The number of halogens is 1. The summed E-state index contributed by atoms with van der Waals surface area (Å²) in [5.41, 5.74) is 3.37. The highest BCUT2D eigenvalue weighted by atomic mass is 35.5. The van der Waals surface area contributed by atoms with Gasteiger partial charge in [0.25, 0.3) is 0 Å². The summed E-state index contributed by atoms with van der Waals surface area (Å²) in [7, 11) is 0. The Morgan fingerprint density at radius 2 is 2.00 bits per heavy atom. The van der Waals surface area contributed by atoms with E-state index in [9.17, 15) is 0 Å². The van der Waals surface area contributed by atoms with Crippen molar-refractivity contribution in [1.82, 2.24) is 25.1 Å². The van der Waals surface area contributed by atoms with Crippen molar-refractivity contribution in [3.8, 4) is 11.5 Å². The molecule has 0 unspecified atom stereocenters. The maximum Gasteiger partial charge on any atom is 0.158 e. The predicted octanol–water partition coefficient (Wildman–Crippen LogP) is 5.02. The average Bonchev–Trinajstić information content (AvgIpc) is 3.34. The Bertz CT molecular complexity index is 1260. The fraction of sp³-hybridized carbons (Fsp3) is 0. The van der Waals surface area contributed by atoms with E-state index in [4.69, 9.17) is 16.3 Å². The smallest absolute Gasteiger partial charge is 0.158 e. The highest BCUT2D eigenvalue weighted by Crippen LogP contribution is 2.35. The molecule has 0 saturated heterocycles. The van der Waals surface area contributed by atoms with Crippen LogP contribution in [-0.2, 0) is 0 Å². The minimum Gasteiger partial charge on any atom is -0.455 e. The van der Waals surface area contributed by atoms with Gasteiger partial charge in [0.15, 0.2) is 5.82 Å². The quantitative estimate of drug-likeness (QED) is 0.409. The van der Waals surface area contributed by atoms with E-state index in [1.54, 1.807) is 12.3 Å². The van der Waals surface area contributed by atoms with Gasteiger partial charge in [-0.15, -0.1) is 0 Å².